The molecule has 2 rings (SSSR count). The molecule has 2 aromatic rings. The second kappa shape index (κ2) is 8.29. The standard InChI is InChI=1S/C17H16F3N3O2/c1-23(9-15(24)21-12-5-2-4-11(18)8-12)10-16(25)22-17-13(19)6-3-7-14(17)20/h2-8H,9-10H2,1H3,(H,21,24)(H,22,25). The molecular weight excluding hydrogens is 335 g/mol. The number of rotatable bonds is 6. The fourth-order valence-corrected chi connectivity index (χ4v) is 2.11. The van der Waals surface area contributed by atoms with Gasteiger partial charge in [-0.2, -0.15) is 0 Å². The summed E-state index contributed by atoms with van der Waals surface area (Å²) in [6, 6.07) is 8.60. The van der Waals surface area contributed by atoms with Crippen molar-refractivity contribution in [2.24, 2.45) is 0 Å². The third-order valence-corrected chi connectivity index (χ3v) is 3.16. The Kier molecular flexibility index (Phi) is 6.13. The molecule has 2 amide bonds. The minimum Gasteiger partial charge on any atom is -0.325 e. The number of nitrogens with zero attached hydrogens (tertiary/aromatic N) is 1. The molecular formula is C17H16F3N3O2. The maximum Gasteiger partial charge on any atom is 0.238 e. The van der Waals surface area contributed by atoms with Crippen molar-refractivity contribution in [3.63, 3.8) is 0 Å². The van der Waals surface area contributed by atoms with Crippen LogP contribution in [0.3, 0.4) is 0 Å². The molecule has 0 atom stereocenters. The Morgan fingerprint density at radius 1 is 0.920 bits per heavy atom. The number of para-hydroxylation sites is 1. The second-order valence-corrected chi connectivity index (χ2v) is 5.38. The summed E-state index contributed by atoms with van der Waals surface area (Å²) < 4.78 is 40.0. The van der Waals surface area contributed by atoms with Gasteiger partial charge in [0.15, 0.2) is 0 Å². The van der Waals surface area contributed by atoms with E-state index in [4.69, 9.17) is 0 Å². The van der Waals surface area contributed by atoms with Crippen molar-refractivity contribution in [3.05, 3.63) is 59.9 Å². The second-order valence-electron chi connectivity index (χ2n) is 5.38. The average molecular weight is 351 g/mol. The van der Waals surface area contributed by atoms with E-state index in [9.17, 15) is 22.8 Å². The van der Waals surface area contributed by atoms with E-state index in [1.54, 1.807) is 0 Å². The summed E-state index contributed by atoms with van der Waals surface area (Å²) in [6.45, 7) is -0.423. The first-order chi connectivity index (χ1) is 11.8. The molecule has 0 saturated carbocycles. The lowest BCUT2D eigenvalue weighted by Gasteiger charge is -2.16. The van der Waals surface area contributed by atoms with Crippen LogP contribution in [0, 0.1) is 17.5 Å². The molecule has 0 aromatic heterocycles. The smallest absolute Gasteiger partial charge is 0.238 e. The van der Waals surface area contributed by atoms with Crippen LogP contribution in [0.15, 0.2) is 42.5 Å². The number of likely N-dealkylation sites (N-methyl/N-ethyl adjacent to an activating group) is 1. The molecule has 0 radical (unpaired) electrons. The molecule has 8 heteroatoms. The van der Waals surface area contributed by atoms with E-state index in [0.717, 1.165) is 18.2 Å². The molecule has 0 aliphatic rings. The van der Waals surface area contributed by atoms with Gasteiger partial charge in [0.1, 0.15) is 23.1 Å². The quantitative estimate of drug-likeness (QED) is 0.841. The summed E-state index contributed by atoms with van der Waals surface area (Å²) in [5.74, 6) is -3.40. The van der Waals surface area contributed by atoms with E-state index < -0.39 is 35.0 Å². The van der Waals surface area contributed by atoms with Crippen LogP contribution in [0.1, 0.15) is 0 Å². The van der Waals surface area contributed by atoms with Crippen LogP contribution < -0.4 is 10.6 Å². The van der Waals surface area contributed by atoms with Gasteiger partial charge in [0.2, 0.25) is 11.8 Å². The minimum absolute atomic E-state index is 0.163. The van der Waals surface area contributed by atoms with Crippen LogP contribution in [0.5, 0.6) is 0 Å². The first kappa shape index (κ1) is 18.5. The van der Waals surface area contributed by atoms with Gasteiger partial charge in [-0.3, -0.25) is 14.5 Å². The Labute approximate surface area is 142 Å². The molecule has 2 N–H and O–H groups in total. The van der Waals surface area contributed by atoms with Crippen LogP contribution in [0.25, 0.3) is 0 Å². The number of hydrogen-bond donors (Lipinski definition) is 2. The highest BCUT2D eigenvalue weighted by Crippen LogP contribution is 2.17. The Balaban J connectivity index is 1.86. The summed E-state index contributed by atoms with van der Waals surface area (Å²) in [5.41, 5.74) is -0.249. The van der Waals surface area contributed by atoms with Gasteiger partial charge in [0, 0.05) is 5.69 Å². The zero-order valence-corrected chi connectivity index (χ0v) is 13.4. The zero-order valence-electron chi connectivity index (χ0n) is 13.4. The maximum atomic E-state index is 13.5. The molecule has 132 valence electrons. The summed E-state index contributed by atoms with van der Waals surface area (Å²) in [5, 5.41) is 4.61. The Hall–Kier alpha value is -2.87. The fourth-order valence-electron chi connectivity index (χ4n) is 2.11. The molecule has 0 bridgehead atoms. The number of carbonyl (C=O) groups is 2. The molecule has 0 aliphatic carbocycles. The third kappa shape index (κ3) is 5.61. The minimum atomic E-state index is -0.889. The van der Waals surface area contributed by atoms with Gasteiger partial charge in [-0.1, -0.05) is 12.1 Å². The van der Waals surface area contributed by atoms with Gasteiger partial charge in [-0.05, 0) is 37.4 Å². The lowest BCUT2D eigenvalue weighted by Crippen LogP contribution is -2.36. The maximum absolute atomic E-state index is 13.5. The highest BCUT2D eigenvalue weighted by Gasteiger charge is 2.15. The summed E-state index contributed by atoms with van der Waals surface area (Å²) in [7, 11) is 1.49. The van der Waals surface area contributed by atoms with Crippen molar-refractivity contribution in [1.29, 1.82) is 0 Å². The van der Waals surface area contributed by atoms with Gasteiger partial charge in [0.05, 0.1) is 13.1 Å². The molecule has 0 fully saturated rings. The Morgan fingerprint density at radius 2 is 1.48 bits per heavy atom. The average Bonchev–Trinajstić information content (AvgIpc) is 2.50. The van der Waals surface area contributed by atoms with E-state index in [2.05, 4.69) is 10.6 Å². The van der Waals surface area contributed by atoms with Crippen molar-refractivity contribution in [1.82, 2.24) is 4.90 Å². The number of hydrogen-bond acceptors (Lipinski definition) is 3. The number of amides is 2. The highest BCUT2D eigenvalue weighted by atomic mass is 19.1. The van der Waals surface area contributed by atoms with Crippen molar-refractivity contribution >= 4 is 23.2 Å². The molecule has 0 spiro atoms. The lowest BCUT2D eigenvalue weighted by atomic mass is 10.3. The first-order valence-electron chi connectivity index (χ1n) is 7.33. The van der Waals surface area contributed by atoms with Crippen LogP contribution in [-0.2, 0) is 9.59 Å². The first-order valence-corrected chi connectivity index (χ1v) is 7.33. The number of carbonyl (C=O) groups excluding carboxylic acids is 2. The monoisotopic (exact) mass is 351 g/mol. The predicted molar refractivity (Wildman–Crippen MR) is 87.5 cm³/mol. The van der Waals surface area contributed by atoms with Gasteiger partial charge in [-0.15, -0.1) is 0 Å². The van der Waals surface area contributed by atoms with E-state index in [1.807, 2.05) is 0 Å². The molecule has 2 aromatic carbocycles. The van der Waals surface area contributed by atoms with Crippen LogP contribution in [0.4, 0.5) is 24.5 Å². The molecule has 0 saturated heterocycles. The number of benzene rings is 2. The van der Waals surface area contributed by atoms with E-state index in [-0.39, 0.29) is 18.8 Å². The highest BCUT2D eigenvalue weighted by molar-refractivity contribution is 5.94. The van der Waals surface area contributed by atoms with Crippen molar-refractivity contribution in [3.8, 4) is 0 Å². The van der Waals surface area contributed by atoms with Crippen LogP contribution >= 0.6 is 0 Å². The van der Waals surface area contributed by atoms with Crippen LogP contribution in [-0.4, -0.2) is 36.9 Å². The SMILES string of the molecule is CN(CC(=O)Nc1cccc(F)c1)CC(=O)Nc1c(F)cccc1F. The van der Waals surface area contributed by atoms with Crippen LogP contribution in [0.2, 0.25) is 0 Å². The largest absolute Gasteiger partial charge is 0.325 e. The van der Waals surface area contributed by atoms with Gasteiger partial charge in [0.25, 0.3) is 0 Å². The van der Waals surface area contributed by atoms with E-state index >= 15 is 0 Å². The number of halogens is 3. The predicted octanol–water partition coefficient (Wildman–Crippen LogP) is 2.61. The van der Waals surface area contributed by atoms with Gasteiger partial charge in [-0.25, -0.2) is 13.2 Å². The molecule has 0 heterocycles. The van der Waals surface area contributed by atoms with Crippen molar-refractivity contribution in [2.45, 2.75) is 0 Å². The molecule has 0 aliphatic heterocycles. The van der Waals surface area contributed by atoms with Gasteiger partial charge < -0.3 is 10.6 Å². The third-order valence-electron chi connectivity index (χ3n) is 3.16. The van der Waals surface area contributed by atoms with E-state index in [1.165, 1.54) is 36.2 Å². The van der Waals surface area contributed by atoms with Crippen molar-refractivity contribution in [2.75, 3.05) is 30.8 Å². The van der Waals surface area contributed by atoms with E-state index in [0.29, 0.717) is 0 Å². The summed E-state index contributed by atoms with van der Waals surface area (Å²) in [6.07, 6.45) is 0. The van der Waals surface area contributed by atoms with Gasteiger partial charge >= 0.3 is 0 Å². The lowest BCUT2D eigenvalue weighted by molar-refractivity contribution is -0.119. The summed E-state index contributed by atoms with van der Waals surface area (Å²) in [4.78, 5) is 25.0. The van der Waals surface area contributed by atoms with Crippen molar-refractivity contribution < 1.29 is 22.8 Å². The zero-order chi connectivity index (χ0) is 18.4. The fraction of sp³-hybridized carbons (Fsp3) is 0.176. The Morgan fingerprint density at radius 3 is 2.08 bits per heavy atom. The molecule has 0 unspecified atom stereocenters. The number of anilines is 2. The Bertz CT molecular complexity index is 763. The molecule has 25 heavy (non-hydrogen) atoms. The molecule has 5 nitrogen and oxygen atoms in total. The summed E-state index contributed by atoms with van der Waals surface area (Å²) >= 11 is 0. The topological polar surface area (TPSA) is 61.4 Å². The normalized spacial score (nSPS) is 10.6. The number of nitrogens with one attached hydrogen (secondary N) is 2.